The summed E-state index contributed by atoms with van der Waals surface area (Å²) in [5.74, 6) is 0.654. The van der Waals surface area contributed by atoms with Crippen LogP contribution in [0, 0.1) is 0 Å². The van der Waals surface area contributed by atoms with Crippen molar-refractivity contribution in [3.63, 3.8) is 0 Å². The van der Waals surface area contributed by atoms with E-state index in [9.17, 15) is 8.42 Å². The third-order valence-electron chi connectivity index (χ3n) is 4.06. The van der Waals surface area contributed by atoms with Crippen LogP contribution in [0.25, 0.3) is 0 Å². The lowest BCUT2D eigenvalue weighted by molar-refractivity contribution is 0.569. The van der Waals surface area contributed by atoms with Crippen molar-refractivity contribution in [3.8, 4) is 0 Å². The van der Waals surface area contributed by atoms with Crippen LogP contribution in [0.4, 0.5) is 0 Å². The van der Waals surface area contributed by atoms with Crippen LogP contribution in [-0.4, -0.2) is 44.2 Å². The Balaban J connectivity index is 2.00. The molecular formula is C20H28N4O2S. The van der Waals surface area contributed by atoms with Gasteiger partial charge in [-0.2, -0.15) is 0 Å². The summed E-state index contributed by atoms with van der Waals surface area (Å²) in [5.41, 5.74) is 0.982. The average molecular weight is 389 g/mol. The van der Waals surface area contributed by atoms with Crippen molar-refractivity contribution in [2.75, 3.05) is 18.8 Å². The van der Waals surface area contributed by atoms with Crippen LogP contribution in [0.5, 0.6) is 0 Å². The second kappa shape index (κ2) is 10.7. The van der Waals surface area contributed by atoms with Gasteiger partial charge < -0.3 is 10.6 Å². The molecule has 0 aliphatic carbocycles. The van der Waals surface area contributed by atoms with Gasteiger partial charge in [0.25, 0.3) is 0 Å². The predicted molar refractivity (Wildman–Crippen MR) is 110 cm³/mol. The number of nitrogens with one attached hydrogen (secondary N) is 2. The minimum atomic E-state index is -3.35. The third-order valence-corrected chi connectivity index (χ3v) is 5.90. The lowest BCUT2D eigenvalue weighted by Gasteiger charge is -2.20. The molecule has 1 atom stereocenters. The van der Waals surface area contributed by atoms with Gasteiger partial charge in [0.05, 0.1) is 10.6 Å². The zero-order valence-corrected chi connectivity index (χ0v) is 16.7. The molecule has 1 heterocycles. The molecule has 146 valence electrons. The van der Waals surface area contributed by atoms with Crippen LogP contribution in [0.2, 0.25) is 0 Å². The van der Waals surface area contributed by atoms with Crippen LogP contribution < -0.4 is 10.6 Å². The van der Waals surface area contributed by atoms with Gasteiger partial charge in [0.2, 0.25) is 0 Å². The van der Waals surface area contributed by atoms with E-state index in [1.165, 1.54) is 0 Å². The highest BCUT2D eigenvalue weighted by molar-refractivity contribution is 7.91. The number of aliphatic imine (C=N–C) groups is 1. The molecule has 0 fully saturated rings. The number of hydrogen-bond acceptors (Lipinski definition) is 4. The number of benzene rings is 1. The Morgan fingerprint density at radius 2 is 1.85 bits per heavy atom. The molecule has 0 aliphatic heterocycles. The first kappa shape index (κ1) is 20.9. The van der Waals surface area contributed by atoms with E-state index in [2.05, 4.69) is 20.6 Å². The zero-order valence-electron chi connectivity index (χ0n) is 15.9. The van der Waals surface area contributed by atoms with Gasteiger partial charge in [-0.25, -0.2) is 8.42 Å². The van der Waals surface area contributed by atoms with Gasteiger partial charge in [-0.3, -0.25) is 9.98 Å². The Morgan fingerprint density at radius 1 is 1.11 bits per heavy atom. The number of rotatable bonds is 9. The lowest BCUT2D eigenvalue weighted by Crippen LogP contribution is -2.46. The van der Waals surface area contributed by atoms with E-state index in [0.29, 0.717) is 30.4 Å². The summed E-state index contributed by atoms with van der Waals surface area (Å²) in [6.07, 6.45) is 3.18. The molecule has 0 aliphatic rings. The molecule has 6 nitrogen and oxygen atoms in total. The predicted octanol–water partition coefficient (Wildman–Crippen LogP) is 2.43. The molecule has 27 heavy (non-hydrogen) atoms. The Kier molecular flexibility index (Phi) is 8.26. The van der Waals surface area contributed by atoms with Crippen LogP contribution in [-0.2, 0) is 16.3 Å². The van der Waals surface area contributed by atoms with Crippen LogP contribution >= 0.6 is 0 Å². The molecule has 0 spiro atoms. The molecule has 2 aromatic rings. The lowest BCUT2D eigenvalue weighted by atomic mass is 10.2. The fourth-order valence-electron chi connectivity index (χ4n) is 2.59. The topological polar surface area (TPSA) is 83.4 Å². The van der Waals surface area contributed by atoms with Gasteiger partial charge in [0.1, 0.15) is 0 Å². The van der Waals surface area contributed by atoms with Gasteiger partial charge in [-0.1, -0.05) is 31.2 Å². The summed E-state index contributed by atoms with van der Waals surface area (Å²) < 4.78 is 25.3. The largest absolute Gasteiger partial charge is 0.357 e. The molecule has 0 saturated heterocycles. The molecule has 2 N–H and O–H groups in total. The summed E-state index contributed by atoms with van der Waals surface area (Å²) in [7, 11) is -3.35. The van der Waals surface area contributed by atoms with Crippen molar-refractivity contribution in [3.05, 3.63) is 60.4 Å². The SMILES string of the molecule is CCNC(=NCCc1ccccn1)NC(CC)CS(=O)(=O)c1ccccc1. The molecule has 2 rings (SSSR count). The van der Waals surface area contributed by atoms with Gasteiger partial charge in [0, 0.05) is 37.4 Å². The maximum Gasteiger partial charge on any atom is 0.191 e. The molecule has 1 aromatic heterocycles. The number of sulfone groups is 1. The minimum absolute atomic E-state index is 0.0260. The summed E-state index contributed by atoms with van der Waals surface area (Å²) in [6.45, 7) is 5.23. The number of pyridine rings is 1. The highest BCUT2D eigenvalue weighted by Crippen LogP contribution is 2.12. The van der Waals surface area contributed by atoms with E-state index in [1.54, 1.807) is 30.5 Å². The first-order chi connectivity index (χ1) is 13.0. The second-order valence-electron chi connectivity index (χ2n) is 6.18. The fraction of sp³-hybridized carbons (Fsp3) is 0.400. The molecule has 1 aromatic carbocycles. The molecule has 1 unspecified atom stereocenters. The van der Waals surface area contributed by atoms with Crippen molar-refractivity contribution in [2.24, 2.45) is 4.99 Å². The fourth-order valence-corrected chi connectivity index (χ4v) is 4.21. The second-order valence-corrected chi connectivity index (χ2v) is 8.21. The number of guanidine groups is 1. The van der Waals surface area contributed by atoms with E-state index in [1.807, 2.05) is 38.1 Å². The highest BCUT2D eigenvalue weighted by Gasteiger charge is 2.20. The summed E-state index contributed by atoms with van der Waals surface area (Å²) in [5, 5.41) is 6.44. The molecule has 0 radical (unpaired) electrons. The van der Waals surface area contributed by atoms with E-state index in [0.717, 1.165) is 12.1 Å². The monoisotopic (exact) mass is 388 g/mol. The van der Waals surface area contributed by atoms with Crippen LogP contribution in [0.3, 0.4) is 0 Å². The molecular weight excluding hydrogens is 360 g/mol. The van der Waals surface area contributed by atoms with Gasteiger partial charge in [0.15, 0.2) is 15.8 Å². The first-order valence-electron chi connectivity index (χ1n) is 9.27. The van der Waals surface area contributed by atoms with Crippen LogP contribution in [0.15, 0.2) is 64.6 Å². The normalized spacial score (nSPS) is 13.2. The highest BCUT2D eigenvalue weighted by atomic mass is 32.2. The Hall–Kier alpha value is -2.41. The Labute approximate surface area is 162 Å². The maximum atomic E-state index is 12.6. The quantitative estimate of drug-likeness (QED) is 0.509. The summed E-state index contributed by atoms with van der Waals surface area (Å²) >= 11 is 0. The minimum Gasteiger partial charge on any atom is -0.357 e. The van der Waals surface area contributed by atoms with Gasteiger partial charge in [-0.05, 0) is 37.6 Å². The third kappa shape index (κ3) is 7.02. The Bertz CT molecular complexity index is 808. The zero-order chi connectivity index (χ0) is 19.5. The maximum absolute atomic E-state index is 12.6. The van der Waals surface area contributed by atoms with Crippen molar-refractivity contribution in [2.45, 2.75) is 37.6 Å². The van der Waals surface area contributed by atoms with Crippen LogP contribution in [0.1, 0.15) is 26.0 Å². The van der Waals surface area contributed by atoms with E-state index in [4.69, 9.17) is 0 Å². The number of hydrogen-bond donors (Lipinski definition) is 2. The van der Waals surface area contributed by atoms with Gasteiger partial charge in [-0.15, -0.1) is 0 Å². The van der Waals surface area contributed by atoms with E-state index >= 15 is 0 Å². The molecule has 0 amide bonds. The standard InChI is InChI=1S/C20H28N4O2S/c1-3-17(16-27(25,26)19-11-6-5-7-12-19)24-20(21-4-2)23-15-13-18-10-8-9-14-22-18/h5-12,14,17H,3-4,13,15-16H2,1-2H3,(H2,21,23,24). The number of aromatic nitrogens is 1. The molecule has 7 heteroatoms. The van der Waals surface area contributed by atoms with Gasteiger partial charge >= 0.3 is 0 Å². The first-order valence-corrected chi connectivity index (χ1v) is 10.9. The van der Waals surface area contributed by atoms with Crippen molar-refractivity contribution >= 4 is 15.8 Å². The Morgan fingerprint density at radius 3 is 2.48 bits per heavy atom. The van der Waals surface area contributed by atoms with E-state index in [-0.39, 0.29) is 11.8 Å². The molecule has 0 saturated carbocycles. The number of nitrogens with zero attached hydrogens (tertiary/aromatic N) is 2. The molecule has 0 bridgehead atoms. The van der Waals surface area contributed by atoms with Crippen molar-refractivity contribution in [1.82, 2.24) is 15.6 Å². The van der Waals surface area contributed by atoms with Crippen molar-refractivity contribution in [1.29, 1.82) is 0 Å². The average Bonchev–Trinajstić information content (AvgIpc) is 2.69. The smallest absolute Gasteiger partial charge is 0.191 e. The van der Waals surface area contributed by atoms with Crippen molar-refractivity contribution < 1.29 is 8.42 Å². The summed E-state index contributed by atoms with van der Waals surface area (Å²) in [6, 6.07) is 14.2. The summed E-state index contributed by atoms with van der Waals surface area (Å²) in [4.78, 5) is 9.20. The van der Waals surface area contributed by atoms with E-state index < -0.39 is 9.84 Å².